The van der Waals surface area contributed by atoms with Crippen molar-refractivity contribution in [1.82, 2.24) is 9.21 Å². The first kappa shape index (κ1) is 15.9. The summed E-state index contributed by atoms with van der Waals surface area (Å²) >= 11 is 0. The van der Waals surface area contributed by atoms with Gasteiger partial charge >= 0.3 is 0 Å². The van der Waals surface area contributed by atoms with Crippen molar-refractivity contribution in [2.75, 3.05) is 33.3 Å². The van der Waals surface area contributed by atoms with E-state index >= 15 is 0 Å². The van der Waals surface area contributed by atoms with Gasteiger partial charge in [-0.1, -0.05) is 6.07 Å². The maximum Gasteiger partial charge on any atom is 0.246 e. The number of fused-ring (bicyclic) bond motifs is 1. The van der Waals surface area contributed by atoms with Crippen LogP contribution < -0.4 is 0 Å². The normalized spacial score (nSPS) is 27.6. The molecule has 2 heterocycles. The molecule has 0 aromatic heterocycles. The van der Waals surface area contributed by atoms with Crippen LogP contribution in [0.1, 0.15) is 12.0 Å². The topological polar surface area (TPSA) is 49.9 Å². The van der Waals surface area contributed by atoms with Crippen molar-refractivity contribution in [3.63, 3.8) is 0 Å². The van der Waals surface area contributed by atoms with Crippen molar-refractivity contribution in [2.45, 2.75) is 30.4 Å². The van der Waals surface area contributed by atoms with Gasteiger partial charge in [0.25, 0.3) is 0 Å². The number of ether oxygens (including phenoxy) is 1. The van der Waals surface area contributed by atoms with E-state index in [1.807, 2.05) is 7.05 Å². The molecular weight excluding hydrogens is 307 g/mol. The van der Waals surface area contributed by atoms with Crippen molar-refractivity contribution >= 4 is 10.0 Å². The van der Waals surface area contributed by atoms with Gasteiger partial charge in [-0.15, -0.1) is 0 Å². The molecule has 2 aliphatic rings. The van der Waals surface area contributed by atoms with Gasteiger partial charge in [-0.3, -0.25) is 0 Å². The highest BCUT2D eigenvalue weighted by molar-refractivity contribution is 7.89. The minimum atomic E-state index is -3.85. The molecule has 0 radical (unpaired) electrons. The number of benzene rings is 1. The molecule has 1 aromatic rings. The number of morpholine rings is 1. The quantitative estimate of drug-likeness (QED) is 0.819. The van der Waals surface area contributed by atoms with Crippen molar-refractivity contribution in [1.29, 1.82) is 0 Å². The molecule has 0 N–H and O–H groups in total. The lowest BCUT2D eigenvalue weighted by Crippen LogP contribution is -2.60. The number of rotatable bonds is 2. The van der Waals surface area contributed by atoms with Crippen LogP contribution in [-0.4, -0.2) is 63.1 Å². The predicted octanol–water partition coefficient (Wildman–Crippen LogP) is 1.23. The van der Waals surface area contributed by atoms with Gasteiger partial charge in [-0.25, -0.2) is 12.8 Å². The molecule has 22 heavy (non-hydrogen) atoms. The van der Waals surface area contributed by atoms with Gasteiger partial charge in [0.15, 0.2) is 0 Å². The Morgan fingerprint density at radius 3 is 2.82 bits per heavy atom. The Morgan fingerprint density at radius 2 is 2.09 bits per heavy atom. The van der Waals surface area contributed by atoms with Gasteiger partial charge in [0.05, 0.1) is 18.8 Å². The molecule has 0 spiro atoms. The average molecular weight is 328 g/mol. The Balaban J connectivity index is 1.96. The second kappa shape index (κ2) is 5.88. The lowest BCUT2D eigenvalue weighted by molar-refractivity contribution is -0.0720. The van der Waals surface area contributed by atoms with Crippen LogP contribution in [0.25, 0.3) is 0 Å². The van der Waals surface area contributed by atoms with E-state index in [9.17, 15) is 12.8 Å². The van der Waals surface area contributed by atoms with Gasteiger partial charge in [0.1, 0.15) is 10.7 Å². The number of hydrogen-bond donors (Lipinski definition) is 0. The summed E-state index contributed by atoms with van der Waals surface area (Å²) < 4.78 is 47.1. The summed E-state index contributed by atoms with van der Waals surface area (Å²) in [6.45, 7) is 3.86. The van der Waals surface area contributed by atoms with Crippen LogP contribution in [0.15, 0.2) is 23.1 Å². The Kier molecular flexibility index (Phi) is 4.24. The third-order valence-corrected chi connectivity index (χ3v) is 6.37. The second-order valence-corrected chi connectivity index (χ2v) is 7.94. The highest BCUT2D eigenvalue weighted by Gasteiger charge is 2.42. The van der Waals surface area contributed by atoms with Crippen LogP contribution >= 0.6 is 0 Å². The van der Waals surface area contributed by atoms with E-state index in [1.165, 1.54) is 16.4 Å². The molecule has 1 aromatic carbocycles. The molecule has 3 rings (SSSR count). The van der Waals surface area contributed by atoms with E-state index < -0.39 is 15.8 Å². The fraction of sp³-hybridized carbons (Fsp3) is 0.600. The third-order valence-electron chi connectivity index (χ3n) is 4.41. The van der Waals surface area contributed by atoms with Crippen LogP contribution in [-0.2, 0) is 14.8 Å². The van der Waals surface area contributed by atoms with E-state index in [4.69, 9.17) is 4.74 Å². The number of likely N-dealkylation sites (N-methyl/N-ethyl adjacent to an activating group) is 1. The maximum absolute atomic E-state index is 14.2. The molecular formula is C15H21FN2O3S. The first-order valence-electron chi connectivity index (χ1n) is 7.48. The van der Waals surface area contributed by atoms with Crippen LogP contribution in [0, 0.1) is 12.7 Å². The first-order chi connectivity index (χ1) is 10.4. The fourth-order valence-electron chi connectivity index (χ4n) is 3.24. The van der Waals surface area contributed by atoms with E-state index in [1.54, 1.807) is 13.0 Å². The molecule has 5 nitrogen and oxygen atoms in total. The predicted molar refractivity (Wildman–Crippen MR) is 80.7 cm³/mol. The van der Waals surface area contributed by atoms with E-state index in [0.29, 0.717) is 18.7 Å². The van der Waals surface area contributed by atoms with Crippen molar-refractivity contribution < 1.29 is 17.5 Å². The number of halogens is 1. The SMILES string of the molecule is Cc1ccc(S(=O)(=O)N2CCO[C@@H]3CCN(C)C[C@H]32)c(F)c1. The third kappa shape index (κ3) is 2.78. The van der Waals surface area contributed by atoms with E-state index in [0.717, 1.165) is 13.0 Å². The fourth-order valence-corrected chi connectivity index (χ4v) is 4.91. The van der Waals surface area contributed by atoms with E-state index in [-0.39, 0.29) is 23.6 Å². The molecule has 0 amide bonds. The number of piperidine rings is 1. The van der Waals surface area contributed by atoms with Gasteiger partial charge in [-0.2, -0.15) is 4.31 Å². The smallest absolute Gasteiger partial charge is 0.246 e. The van der Waals surface area contributed by atoms with Crippen molar-refractivity contribution in [2.24, 2.45) is 0 Å². The Hall–Kier alpha value is -1.02. The number of hydrogen-bond acceptors (Lipinski definition) is 4. The van der Waals surface area contributed by atoms with Crippen LogP contribution in [0.2, 0.25) is 0 Å². The number of sulfonamides is 1. The molecule has 2 atom stereocenters. The lowest BCUT2D eigenvalue weighted by atomic mass is 10.0. The molecule has 0 saturated carbocycles. The number of aryl methyl sites for hydroxylation is 1. The van der Waals surface area contributed by atoms with Gasteiger partial charge in [0.2, 0.25) is 10.0 Å². The van der Waals surface area contributed by atoms with Crippen LogP contribution in [0.5, 0.6) is 0 Å². The average Bonchev–Trinajstić information content (AvgIpc) is 2.46. The molecule has 122 valence electrons. The molecule has 2 aliphatic heterocycles. The standard InChI is InChI=1S/C15H21FN2O3S/c1-11-3-4-15(12(16)9-11)22(19,20)18-7-8-21-14-5-6-17(2)10-13(14)18/h3-4,9,13-14H,5-8,10H2,1-2H3/t13-,14-/m1/s1. The zero-order valence-corrected chi connectivity index (χ0v) is 13.6. The van der Waals surface area contributed by atoms with E-state index in [2.05, 4.69) is 4.90 Å². The van der Waals surface area contributed by atoms with Crippen LogP contribution in [0.4, 0.5) is 4.39 Å². The summed E-state index contributed by atoms with van der Waals surface area (Å²) in [5, 5.41) is 0. The first-order valence-corrected chi connectivity index (χ1v) is 8.92. The summed E-state index contributed by atoms with van der Waals surface area (Å²) in [4.78, 5) is 1.84. The Morgan fingerprint density at radius 1 is 1.32 bits per heavy atom. The second-order valence-electron chi connectivity index (χ2n) is 6.08. The van der Waals surface area contributed by atoms with Gasteiger partial charge in [0, 0.05) is 19.6 Å². The monoisotopic (exact) mass is 328 g/mol. The number of likely N-dealkylation sites (tertiary alicyclic amines) is 1. The highest BCUT2D eigenvalue weighted by Crippen LogP contribution is 2.29. The Bertz CT molecular complexity index is 665. The molecule has 2 saturated heterocycles. The van der Waals surface area contributed by atoms with Crippen molar-refractivity contribution in [3.8, 4) is 0 Å². The Labute approximate surface area is 130 Å². The minimum absolute atomic E-state index is 0.103. The molecule has 2 fully saturated rings. The summed E-state index contributed by atoms with van der Waals surface area (Å²) in [5.41, 5.74) is 0.703. The largest absolute Gasteiger partial charge is 0.375 e. The van der Waals surface area contributed by atoms with Gasteiger partial charge in [-0.05, 0) is 38.1 Å². The molecule has 0 unspecified atom stereocenters. The lowest BCUT2D eigenvalue weighted by Gasteiger charge is -2.45. The summed E-state index contributed by atoms with van der Waals surface area (Å²) in [6.07, 6.45) is 0.692. The molecule has 0 aliphatic carbocycles. The minimum Gasteiger partial charge on any atom is -0.375 e. The summed E-state index contributed by atoms with van der Waals surface area (Å²) in [6, 6.07) is 3.99. The number of nitrogens with zero attached hydrogens (tertiary/aromatic N) is 2. The van der Waals surface area contributed by atoms with Crippen molar-refractivity contribution in [3.05, 3.63) is 29.6 Å². The molecule has 0 bridgehead atoms. The van der Waals surface area contributed by atoms with Crippen LogP contribution in [0.3, 0.4) is 0 Å². The highest BCUT2D eigenvalue weighted by atomic mass is 32.2. The maximum atomic E-state index is 14.2. The zero-order chi connectivity index (χ0) is 15.9. The summed E-state index contributed by atoms with van der Waals surface area (Å²) in [5.74, 6) is -0.688. The van der Waals surface area contributed by atoms with Gasteiger partial charge < -0.3 is 9.64 Å². The zero-order valence-electron chi connectivity index (χ0n) is 12.8. The summed E-state index contributed by atoms with van der Waals surface area (Å²) in [7, 11) is -1.89. The molecule has 7 heteroatoms.